The topological polar surface area (TPSA) is 107 Å². The Bertz CT molecular complexity index is 1110. The standard InChI is InChI=1S/C19H15FN4O3/c1-11-9-16(25)17(23-24(11)15-8-3-2-7-14(15)20)19(27)22-13-6-4-5-12(10-13)18(21)26/h2-10H,1H3,(H2,21,26)(H,22,27). The zero-order chi connectivity index (χ0) is 19.6. The quantitative estimate of drug-likeness (QED) is 0.737. The van der Waals surface area contributed by atoms with Gasteiger partial charge in [0.25, 0.3) is 5.91 Å². The number of nitrogens with one attached hydrogen (secondary N) is 1. The molecule has 0 spiro atoms. The lowest BCUT2D eigenvalue weighted by atomic mass is 10.2. The Morgan fingerprint density at radius 3 is 2.56 bits per heavy atom. The fraction of sp³-hybridized carbons (Fsp3) is 0.0526. The van der Waals surface area contributed by atoms with Crippen LogP contribution in [0, 0.1) is 12.7 Å². The summed E-state index contributed by atoms with van der Waals surface area (Å²) >= 11 is 0. The highest BCUT2D eigenvalue weighted by atomic mass is 19.1. The van der Waals surface area contributed by atoms with E-state index in [1.165, 1.54) is 53.2 Å². The number of rotatable bonds is 4. The predicted octanol–water partition coefficient (Wildman–Crippen LogP) is 2.03. The second-order valence-corrected chi connectivity index (χ2v) is 5.76. The minimum atomic E-state index is -0.785. The van der Waals surface area contributed by atoms with Gasteiger partial charge in [-0.2, -0.15) is 5.10 Å². The van der Waals surface area contributed by atoms with Crippen molar-refractivity contribution in [3.05, 3.63) is 87.6 Å². The summed E-state index contributed by atoms with van der Waals surface area (Å²) < 4.78 is 15.3. The molecule has 0 unspecified atom stereocenters. The van der Waals surface area contributed by atoms with Gasteiger partial charge < -0.3 is 11.1 Å². The van der Waals surface area contributed by atoms with Crippen molar-refractivity contribution in [2.75, 3.05) is 5.32 Å². The molecular weight excluding hydrogens is 351 g/mol. The van der Waals surface area contributed by atoms with Crippen LogP contribution in [0.4, 0.5) is 10.1 Å². The van der Waals surface area contributed by atoms with Crippen molar-refractivity contribution in [1.29, 1.82) is 0 Å². The Balaban J connectivity index is 1.99. The number of hydrogen-bond acceptors (Lipinski definition) is 4. The van der Waals surface area contributed by atoms with Crippen LogP contribution in [0.3, 0.4) is 0 Å². The number of benzene rings is 2. The number of halogens is 1. The van der Waals surface area contributed by atoms with Crippen LogP contribution >= 0.6 is 0 Å². The van der Waals surface area contributed by atoms with Crippen LogP contribution in [0.2, 0.25) is 0 Å². The number of anilines is 1. The molecular formula is C19H15FN4O3. The SMILES string of the molecule is Cc1cc(=O)c(C(=O)Nc2cccc(C(N)=O)c2)nn1-c1ccccc1F. The van der Waals surface area contributed by atoms with Crippen LogP contribution in [0.5, 0.6) is 0 Å². The summed E-state index contributed by atoms with van der Waals surface area (Å²) in [4.78, 5) is 36.0. The van der Waals surface area contributed by atoms with Crippen LogP contribution in [0.1, 0.15) is 26.5 Å². The molecule has 1 heterocycles. The number of hydrogen-bond donors (Lipinski definition) is 2. The Labute approximate surface area is 153 Å². The number of aromatic nitrogens is 2. The van der Waals surface area contributed by atoms with Crippen LogP contribution in [-0.4, -0.2) is 21.6 Å². The largest absolute Gasteiger partial charge is 0.366 e. The predicted molar refractivity (Wildman–Crippen MR) is 97.4 cm³/mol. The highest BCUT2D eigenvalue weighted by molar-refractivity contribution is 6.03. The average Bonchev–Trinajstić information content (AvgIpc) is 2.63. The van der Waals surface area contributed by atoms with E-state index in [0.717, 1.165) is 0 Å². The molecule has 1 aromatic heterocycles. The fourth-order valence-corrected chi connectivity index (χ4v) is 2.51. The lowest BCUT2D eigenvalue weighted by molar-refractivity contribution is 0.0995. The molecule has 3 aromatic rings. The molecule has 0 aliphatic carbocycles. The van der Waals surface area contributed by atoms with Crippen LogP contribution < -0.4 is 16.5 Å². The third kappa shape index (κ3) is 3.74. The maximum absolute atomic E-state index is 14.1. The van der Waals surface area contributed by atoms with Gasteiger partial charge in [-0.25, -0.2) is 9.07 Å². The number of amides is 2. The molecule has 27 heavy (non-hydrogen) atoms. The van der Waals surface area contributed by atoms with Crippen LogP contribution in [-0.2, 0) is 0 Å². The molecule has 3 rings (SSSR count). The molecule has 2 aromatic carbocycles. The second-order valence-electron chi connectivity index (χ2n) is 5.76. The Kier molecular flexibility index (Phi) is 4.80. The zero-order valence-electron chi connectivity index (χ0n) is 14.3. The van der Waals surface area contributed by atoms with Crippen molar-refractivity contribution in [3.63, 3.8) is 0 Å². The second kappa shape index (κ2) is 7.20. The summed E-state index contributed by atoms with van der Waals surface area (Å²) in [6.07, 6.45) is 0. The summed E-state index contributed by atoms with van der Waals surface area (Å²) in [5.74, 6) is -1.98. The highest BCUT2D eigenvalue weighted by Crippen LogP contribution is 2.14. The summed E-state index contributed by atoms with van der Waals surface area (Å²) in [6, 6.07) is 13.0. The Hall–Kier alpha value is -3.81. The number of nitrogens with zero attached hydrogens (tertiary/aromatic N) is 2. The minimum absolute atomic E-state index is 0.111. The summed E-state index contributed by atoms with van der Waals surface area (Å²) in [5, 5.41) is 6.51. The number of nitrogens with two attached hydrogens (primary N) is 1. The van der Waals surface area contributed by atoms with Crippen LogP contribution in [0.15, 0.2) is 59.4 Å². The van der Waals surface area contributed by atoms with E-state index in [1.807, 2.05) is 0 Å². The third-order valence-corrected chi connectivity index (χ3v) is 3.81. The summed E-state index contributed by atoms with van der Waals surface area (Å²) in [7, 11) is 0. The molecule has 136 valence electrons. The molecule has 0 aliphatic rings. The van der Waals surface area contributed by atoms with Gasteiger partial charge in [0.05, 0.1) is 0 Å². The van der Waals surface area contributed by atoms with E-state index in [2.05, 4.69) is 10.4 Å². The Morgan fingerprint density at radius 1 is 1.11 bits per heavy atom. The van der Waals surface area contributed by atoms with E-state index in [9.17, 15) is 18.8 Å². The van der Waals surface area contributed by atoms with Gasteiger partial charge in [0, 0.05) is 23.0 Å². The number of carbonyl (C=O) groups is 2. The number of para-hydroxylation sites is 1. The van der Waals surface area contributed by atoms with E-state index < -0.39 is 28.8 Å². The van der Waals surface area contributed by atoms with E-state index in [1.54, 1.807) is 13.0 Å². The van der Waals surface area contributed by atoms with Crippen molar-refractivity contribution in [2.45, 2.75) is 6.92 Å². The summed E-state index contributed by atoms with van der Waals surface area (Å²) in [6.45, 7) is 1.58. The van der Waals surface area contributed by atoms with Gasteiger partial charge in [0.1, 0.15) is 11.5 Å². The maximum Gasteiger partial charge on any atom is 0.280 e. The first kappa shape index (κ1) is 18.0. The van der Waals surface area contributed by atoms with E-state index in [4.69, 9.17) is 5.73 Å². The van der Waals surface area contributed by atoms with Gasteiger partial charge >= 0.3 is 0 Å². The normalized spacial score (nSPS) is 10.4. The molecule has 0 aliphatic heterocycles. The van der Waals surface area contributed by atoms with Crippen molar-refractivity contribution in [1.82, 2.24) is 9.78 Å². The van der Waals surface area contributed by atoms with Gasteiger partial charge in [-0.05, 0) is 37.3 Å². The first-order chi connectivity index (χ1) is 12.9. The molecule has 0 saturated heterocycles. The van der Waals surface area contributed by atoms with E-state index in [-0.39, 0.29) is 16.9 Å². The van der Waals surface area contributed by atoms with Crippen LogP contribution in [0.25, 0.3) is 5.69 Å². The Morgan fingerprint density at radius 2 is 1.85 bits per heavy atom. The molecule has 0 atom stereocenters. The molecule has 0 saturated carbocycles. The molecule has 3 N–H and O–H groups in total. The van der Waals surface area contributed by atoms with Crippen molar-refractivity contribution < 1.29 is 14.0 Å². The zero-order valence-corrected chi connectivity index (χ0v) is 14.3. The lowest BCUT2D eigenvalue weighted by Crippen LogP contribution is -2.27. The van der Waals surface area contributed by atoms with Gasteiger partial charge in [0.2, 0.25) is 11.3 Å². The highest BCUT2D eigenvalue weighted by Gasteiger charge is 2.17. The number of carbonyl (C=O) groups excluding carboxylic acids is 2. The van der Waals surface area contributed by atoms with Gasteiger partial charge in [-0.3, -0.25) is 14.4 Å². The minimum Gasteiger partial charge on any atom is -0.366 e. The smallest absolute Gasteiger partial charge is 0.280 e. The molecule has 7 nitrogen and oxygen atoms in total. The van der Waals surface area contributed by atoms with E-state index in [0.29, 0.717) is 5.69 Å². The summed E-state index contributed by atoms with van der Waals surface area (Å²) in [5.41, 5.74) is 5.15. The van der Waals surface area contributed by atoms with Crippen molar-refractivity contribution in [3.8, 4) is 5.69 Å². The first-order valence-corrected chi connectivity index (χ1v) is 7.94. The maximum atomic E-state index is 14.1. The number of aryl methyl sites for hydroxylation is 1. The van der Waals surface area contributed by atoms with Crippen molar-refractivity contribution in [2.24, 2.45) is 5.73 Å². The van der Waals surface area contributed by atoms with Crippen molar-refractivity contribution >= 4 is 17.5 Å². The number of primary amides is 1. The van der Waals surface area contributed by atoms with Gasteiger partial charge in [-0.1, -0.05) is 18.2 Å². The molecule has 0 fully saturated rings. The van der Waals surface area contributed by atoms with Gasteiger partial charge in [0.15, 0.2) is 5.69 Å². The lowest BCUT2D eigenvalue weighted by Gasteiger charge is -2.12. The monoisotopic (exact) mass is 366 g/mol. The molecule has 2 amide bonds. The first-order valence-electron chi connectivity index (χ1n) is 7.94. The van der Waals surface area contributed by atoms with E-state index >= 15 is 0 Å². The molecule has 0 bridgehead atoms. The molecule has 8 heteroatoms. The van der Waals surface area contributed by atoms with Gasteiger partial charge in [-0.15, -0.1) is 0 Å². The fourth-order valence-electron chi connectivity index (χ4n) is 2.51. The third-order valence-electron chi connectivity index (χ3n) is 3.81. The average molecular weight is 366 g/mol. The molecule has 0 radical (unpaired) electrons.